The summed E-state index contributed by atoms with van der Waals surface area (Å²) in [6.07, 6.45) is 77.6. The Balaban J connectivity index is 4.50. The smallest absolute Gasteiger partial charge is 0.306 e. The van der Waals surface area contributed by atoms with E-state index >= 15 is 0 Å². The Morgan fingerprint density at radius 2 is 0.565 bits per heavy atom. The quantitative estimate of drug-likeness (QED) is 0.0262. The number of hydrogen-bond donors (Lipinski definition) is 0. The fraction of sp³-hybridized carbons (Fsp3) is 0.635. The van der Waals surface area contributed by atoms with Gasteiger partial charge in [-0.15, -0.1) is 0 Å². The van der Waals surface area contributed by atoms with Gasteiger partial charge in [-0.2, -0.15) is 0 Å². The summed E-state index contributed by atoms with van der Waals surface area (Å²) in [5.41, 5.74) is 0. The second-order valence-corrected chi connectivity index (χ2v) is 18.1. The van der Waals surface area contributed by atoms with Crippen LogP contribution in [0.3, 0.4) is 0 Å². The van der Waals surface area contributed by atoms with E-state index in [0.717, 1.165) is 122 Å². The molecule has 0 radical (unpaired) electrons. The second kappa shape index (κ2) is 56.4. The predicted molar refractivity (Wildman–Crippen MR) is 297 cm³/mol. The largest absolute Gasteiger partial charge is 0.462 e. The van der Waals surface area contributed by atoms with Gasteiger partial charge in [0.2, 0.25) is 0 Å². The van der Waals surface area contributed by atoms with Crippen LogP contribution >= 0.6 is 0 Å². The highest BCUT2D eigenvalue weighted by atomic mass is 16.6. The van der Waals surface area contributed by atoms with Crippen molar-refractivity contribution in [1.82, 2.24) is 0 Å². The summed E-state index contributed by atoms with van der Waals surface area (Å²) in [5.74, 6) is -0.980. The lowest BCUT2D eigenvalue weighted by atomic mass is 10.1. The molecule has 6 nitrogen and oxygen atoms in total. The number of carbonyl (C=O) groups is 3. The summed E-state index contributed by atoms with van der Waals surface area (Å²) in [4.78, 5) is 38.1. The molecule has 0 N–H and O–H groups in total. The Hall–Kier alpha value is -4.19. The number of rotatable bonds is 49. The third kappa shape index (κ3) is 54.6. The molecule has 0 rings (SSSR count). The molecule has 0 aliphatic carbocycles. The van der Waals surface area contributed by atoms with Gasteiger partial charge in [0.05, 0.1) is 0 Å². The van der Waals surface area contributed by atoms with Gasteiger partial charge in [-0.1, -0.05) is 213 Å². The van der Waals surface area contributed by atoms with Crippen LogP contribution in [-0.2, 0) is 28.6 Å². The Labute approximate surface area is 424 Å². The number of carbonyl (C=O) groups excluding carboxylic acids is 3. The van der Waals surface area contributed by atoms with Gasteiger partial charge in [0.1, 0.15) is 13.2 Å². The Morgan fingerprint density at radius 1 is 0.304 bits per heavy atom. The average molecular weight is 956 g/mol. The molecule has 0 amide bonds. The molecule has 0 spiro atoms. The monoisotopic (exact) mass is 955 g/mol. The van der Waals surface area contributed by atoms with Crippen molar-refractivity contribution in [3.05, 3.63) is 122 Å². The standard InChI is InChI=1S/C63H102O6/c1-4-7-10-13-16-19-22-25-28-30-31-33-36-39-42-45-48-51-54-57-63(66)69-60(58-67-61(64)55-52-49-46-43-40-37-34-27-24-21-18-15-12-9-6-3)59-68-62(65)56-53-50-47-44-41-38-35-32-29-26-23-20-17-14-11-8-5-2/h8-9,11-12,16-21,25-29,34-35,38,40,43,60H,4-7,10,13-15,22-24,30-33,36-37,39,41-42,44-59H2,1-3H3/b11-8-,12-9-,19-16-,20-17-,21-18-,28-25-,29-26-,34-27-,38-35-,43-40-/t60-/m0/s1. The molecule has 69 heavy (non-hydrogen) atoms. The first-order chi connectivity index (χ1) is 34.0. The van der Waals surface area contributed by atoms with Gasteiger partial charge in [0.15, 0.2) is 6.10 Å². The van der Waals surface area contributed by atoms with Crippen LogP contribution in [0.25, 0.3) is 0 Å². The summed E-state index contributed by atoms with van der Waals surface area (Å²) in [5, 5.41) is 0. The molecule has 0 saturated heterocycles. The van der Waals surface area contributed by atoms with Gasteiger partial charge in [-0.3, -0.25) is 14.4 Å². The molecule has 6 heteroatoms. The summed E-state index contributed by atoms with van der Waals surface area (Å²) in [7, 11) is 0. The first-order valence-electron chi connectivity index (χ1n) is 28.0. The fourth-order valence-corrected chi connectivity index (χ4v) is 7.28. The number of unbranched alkanes of at least 4 members (excludes halogenated alkanes) is 18. The zero-order valence-corrected chi connectivity index (χ0v) is 44.5. The Kier molecular flexibility index (Phi) is 53.0. The van der Waals surface area contributed by atoms with Gasteiger partial charge in [-0.05, 0) is 128 Å². The maximum atomic E-state index is 12.9. The molecule has 0 aromatic rings. The first-order valence-corrected chi connectivity index (χ1v) is 28.0. The summed E-state index contributed by atoms with van der Waals surface area (Å²) < 4.78 is 16.8. The Bertz CT molecular complexity index is 1470. The first kappa shape index (κ1) is 64.8. The van der Waals surface area contributed by atoms with E-state index in [4.69, 9.17) is 14.2 Å². The highest BCUT2D eigenvalue weighted by molar-refractivity contribution is 5.71. The number of allylic oxidation sites excluding steroid dienone is 20. The van der Waals surface area contributed by atoms with Crippen molar-refractivity contribution >= 4 is 17.9 Å². The van der Waals surface area contributed by atoms with E-state index in [9.17, 15) is 14.4 Å². The highest BCUT2D eigenvalue weighted by Gasteiger charge is 2.19. The van der Waals surface area contributed by atoms with Gasteiger partial charge >= 0.3 is 17.9 Å². The lowest BCUT2D eigenvalue weighted by Crippen LogP contribution is -2.30. The zero-order valence-electron chi connectivity index (χ0n) is 44.5. The van der Waals surface area contributed by atoms with Gasteiger partial charge in [0, 0.05) is 19.3 Å². The van der Waals surface area contributed by atoms with Crippen LogP contribution in [0.1, 0.15) is 239 Å². The van der Waals surface area contributed by atoms with Crippen molar-refractivity contribution in [3.63, 3.8) is 0 Å². The van der Waals surface area contributed by atoms with Crippen molar-refractivity contribution < 1.29 is 28.6 Å². The lowest BCUT2D eigenvalue weighted by molar-refractivity contribution is -0.167. The third-order valence-electron chi connectivity index (χ3n) is 11.4. The third-order valence-corrected chi connectivity index (χ3v) is 11.4. The zero-order chi connectivity index (χ0) is 50.0. The summed E-state index contributed by atoms with van der Waals surface area (Å²) in [6.45, 7) is 6.32. The molecule has 0 unspecified atom stereocenters. The van der Waals surface area contributed by atoms with E-state index in [0.29, 0.717) is 25.7 Å². The van der Waals surface area contributed by atoms with Gasteiger partial charge < -0.3 is 14.2 Å². The van der Waals surface area contributed by atoms with E-state index in [-0.39, 0.29) is 31.1 Å². The summed E-state index contributed by atoms with van der Waals surface area (Å²) in [6, 6.07) is 0. The minimum Gasteiger partial charge on any atom is -0.462 e. The molecule has 0 saturated carbocycles. The van der Waals surface area contributed by atoms with Crippen molar-refractivity contribution in [1.29, 1.82) is 0 Å². The van der Waals surface area contributed by atoms with Crippen LogP contribution in [0.15, 0.2) is 122 Å². The minimum absolute atomic E-state index is 0.109. The topological polar surface area (TPSA) is 78.9 Å². The van der Waals surface area contributed by atoms with Crippen LogP contribution in [0.5, 0.6) is 0 Å². The van der Waals surface area contributed by atoms with E-state index < -0.39 is 6.10 Å². The number of esters is 3. The molecule has 0 aromatic heterocycles. The molecule has 0 aliphatic heterocycles. The van der Waals surface area contributed by atoms with Crippen LogP contribution in [0.2, 0.25) is 0 Å². The highest BCUT2D eigenvalue weighted by Crippen LogP contribution is 2.14. The molecular weight excluding hydrogens is 853 g/mol. The Morgan fingerprint density at radius 3 is 0.913 bits per heavy atom. The van der Waals surface area contributed by atoms with Crippen molar-refractivity contribution in [3.8, 4) is 0 Å². The molecule has 390 valence electrons. The number of ether oxygens (including phenoxy) is 3. The van der Waals surface area contributed by atoms with E-state index in [1.807, 2.05) is 0 Å². The normalized spacial score (nSPS) is 13.0. The van der Waals surface area contributed by atoms with E-state index in [2.05, 4.69) is 142 Å². The lowest BCUT2D eigenvalue weighted by Gasteiger charge is -2.18. The minimum atomic E-state index is -0.812. The van der Waals surface area contributed by atoms with Crippen LogP contribution in [0, 0.1) is 0 Å². The van der Waals surface area contributed by atoms with Crippen LogP contribution in [0.4, 0.5) is 0 Å². The fourth-order valence-electron chi connectivity index (χ4n) is 7.28. The van der Waals surface area contributed by atoms with Crippen molar-refractivity contribution in [2.45, 2.75) is 245 Å². The van der Waals surface area contributed by atoms with Gasteiger partial charge in [-0.25, -0.2) is 0 Å². The molecule has 0 aliphatic rings. The van der Waals surface area contributed by atoms with Crippen molar-refractivity contribution in [2.24, 2.45) is 0 Å². The van der Waals surface area contributed by atoms with Crippen LogP contribution in [-0.4, -0.2) is 37.2 Å². The maximum absolute atomic E-state index is 12.9. The van der Waals surface area contributed by atoms with Crippen LogP contribution < -0.4 is 0 Å². The molecule has 1 atom stereocenters. The van der Waals surface area contributed by atoms with E-state index in [1.54, 1.807) is 0 Å². The second-order valence-electron chi connectivity index (χ2n) is 18.1. The molecule has 0 heterocycles. The SMILES string of the molecule is CC/C=C\C/C=C\C/C=C\C/C=C\CCCCCCC(=O)OC[C@H](COC(=O)CCCC/C=C\C/C=C\C/C=C\C/C=C\CC)OC(=O)CCCCCCCCCCC/C=C\C/C=C\CCCCC. The molecular formula is C63H102O6. The summed E-state index contributed by atoms with van der Waals surface area (Å²) >= 11 is 0. The molecule has 0 aromatic carbocycles. The average Bonchev–Trinajstić information content (AvgIpc) is 3.35. The van der Waals surface area contributed by atoms with E-state index in [1.165, 1.54) is 70.6 Å². The number of hydrogen-bond acceptors (Lipinski definition) is 6. The van der Waals surface area contributed by atoms with Crippen molar-refractivity contribution in [2.75, 3.05) is 13.2 Å². The molecule has 0 bridgehead atoms. The maximum Gasteiger partial charge on any atom is 0.306 e. The van der Waals surface area contributed by atoms with Gasteiger partial charge in [0.25, 0.3) is 0 Å². The molecule has 0 fully saturated rings. The predicted octanol–water partition coefficient (Wildman–Crippen LogP) is 18.9.